The van der Waals surface area contributed by atoms with Crippen molar-refractivity contribution in [1.29, 1.82) is 0 Å². The second kappa shape index (κ2) is 3.98. The number of fused-ring (bicyclic) bond motifs is 1. The van der Waals surface area contributed by atoms with Gasteiger partial charge in [-0.2, -0.15) is 0 Å². The summed E-state index contributed by atoms with van der Waals surface area (Å²) < 4.78 is 0. The minimum Gasteiger partial charge on any atom is -0.298 e. The topological polar surface area (TPSA) is 6.48 Å². The molecular weight excluding hydrogens is 232 g/mol. The van der Waals surface area contributed by atoms with Crippen LogP contribution in [0.3, 0.4) is 0 Å². The monoisotopic (exact) mass is 260 g/mol. The molecule has 0 radical (unpaired) electrons. The van der Waals surface area contributed by atoms with Gasteiger partial charge in [-0.1, -0.05) is 0 Å². The fraction of sp³-hybridized carbons (Fsp3) is 1.00. The minimum absolute atomic E-state index is 0.670. The summed E-state index contributed by atoms with van der Waals surface area (Å²) in [6.07, 6.45) is 12.4. The van der Waals surface area contributed by atoms with E-state index >= 15 is 0 Å². The van der Waals surface area contributed by atoms with Crippen molar-refractivity contribution in [1.82, 2.24) is 9.80 Å². The van der Waals surface area contributed by atoms with Gasteiger partial charge in [0.05, 0.1) is 0 Å². The van der Waals surface area contributed by atoms with Gasteiger partial charge in [0.25, 0.3) is 0 Å². The van der Waals surface area contributed by atoms with E-state index in [4.69, 9.17) is 0 Å². The third kappa shape index (κ3) is 1.68. The first kappa shape index (κ1) is 11.6. The molecule has 4 bridgehead atoms. The maximum atomic E-state index is 2.99. The Labute approximate surface area is 117 Å². The van der Waals surface area contributed by atoms with Crippen LogP contribution < -0.4 is 0 Å². The fourth-order valence-corrected chi connectivity index (χ4v) is 6.87. The smallest absolute Gasteiger partial charge is 0.0224 e. The molecule has 0 amide bonds. The van der Waals surface area contributed by atoms with Crippen molar-refractivity contribution >= 4 is 0 Å². The molecule has 6 fully saturated rings. The van der Waals surface area contributed by atoms with Gasteiger partial charge >= 0.3 is 0 Å². The maximum absolute atomic E-state index is 2.99. The van der Waals surface area contributed by atoms with Gasteiger partial charge in [0.2, 0.25) is 0 Å². The van der Waals surface area contributed by atoms with Crippen molar-refractivity contribution in [3.8, 4) is 0 Å². The average molecular weight is 260 g/mol. The summed E-state index contributed by atoms with van der Waals surface area (Å²) in [6, 6.07) is 0.918. The van der Waals surface area contributed by atoms with Crippen LogP contribution in [0.15, 0.2) is 0 Å². The summed E-state index contributed by atoms with van der Waals surface area (Å²) in [7, 11) is 0. The molecule has 19 heavy (non-hydrogen) atoms. The van der Waals surface area contributed by atoms with Crippen LogP contribution in [0, 0.1) is 17.8 Å². The quantitative estimate of drug-likeness (QED) is 0.715. The highest BCUT2D eigenvalue weighted by Gasteiger charge is 2.54. The fourth-order valence-electron chi connectivity index (χ4n) is 6.87. The predicted molar refractivity (Wildman–Crippen MR) is 77.1 cm³/mol. The van der Waals surface area contributed by atoms with Crippen LogP contribution in [-0.4, -0.2) is 47.6 Å². The molecule has 0 aromatic rings. The van der Waals surface area contributed by atoms with E-state index in [0.717, 1.165) is 23.8 Å². The summed E-state index contributed by atoms with van der Waals surface area (Å²) in [5.74, 6) is 3.31. The van der Waals surface area contributed by atoms with Crippen molar-refractivity contribution in [2.45, 2.75) is 62.9 Å². The lowest BCUT2D eigenvalue weighted by atomic mass is 9.52. The van der Waals surface area contributed by atoms with E-state index in [0.29, 0.717) is 5.54 Å². The molecule has 6 rings (SSSR count). The SMILES string of the molecule is C1CC2CN(C34CC5CC(CC(C5)C3)C4)CCN2C1. The summed E-state index contributed by atoms with van der Waals surface area (Å²) in [5, 5.41) is 0. The largest absolute Gasteiger partial charge is 0.298 e. The van der Waals surface area contributed by atoms with Crippen molar-refractivity contribution in [3.05, 3.63) is 0 Å². The van der Waals surface area contributed by atoms with Crippen LogP contribution >= 0.6 is 0 Å². The third-order valence-corrected chi connectivity index (χ3v) is 7.26. The lowest BCUT2D eigenvalue weighted by Crippen LogP contribution is -2.65. The molecule has 0 aromatic heterocycles. The molecule has 2 heteroatoms. The van der Waals surface area contributed by atoms with Crippen molar-refractivity contribution < 1.29 is 0 Å². The van der Waals surface area contributed by atoms with Gasteiger partial charge in [0.15, 0.2) is 0 Å². The van der Waals surface area contributed by atoms with Crippen molar-refractivity contribution in [2.75, 3.05) is 26.2 Å². The highest BCUT2D eigenvalue weighted by molar-refractivity contribution is 5.09. The van der Waals surface area contributed by atoms with Gasteiger partial charge in [-0.05, 0) is 75.7 Å². The first-order valence-electron chi connectivity index (χ1n) is 8.80. The number of hydrogen-bond donors (Lipinski definition) is 0. The van der Waals surface area contributed by atoms with E-state index in [9.17, 15) is 0 Å². The summed E-state index contributed by atoms with van der Waals surface area (Å²) in [6.45, 7) is 5.54. The lowest BCUT2D eigenvalue weighted by Gasteiger charge is -2.62. The average Bonchev–Trinajstić information content (AvgIpc) is 2.84. The van der Waals surface area contributed by atoms with Crippen molar-refractivity contribution in [2.24, 2.45) is 17.8 Å². The van der Waals surface area contributed by atoms with E-state index in [1.165, 1.54) is 39.0 Å². The molecule has 2 heterocycles. The minimum atomic E-state index is 0.670. The molecule has 1 atom stereocenters. The van der Waals surface area contributed by atoms with Gasteiger partial charge in [-0.25, -0.2) is 0 Å². The highest BCUT2D eigenvalue weighted by atomic mass is 15.3. The zero-order valence-electron chi connectivity index (χ0n) is 12.2. The van der Waals surface area contributed by atoms with Crippen LogP contribution in [0.25, 0.3) is 0 Å². The Morgan fingerprint density at radius 2 is 1.47 bits per heavy atom. The van der Waals surface area contributed by atoms with Crippen LogP contribution in [0.2, 0.25) is 0 Å². The molecule has 2 nitrogen and oxygen atoms in total. The van der Waals surface area contributed by atoms with Gasteiger partial charge in [-0.15, -0.1) is 0 Å². The predicted octanol–water partition coefficient (Wildman–Crippen LogP) is 2.74. The van der Waals surface area contributed by atoms with E-state index in [1.54, 1.807) is 38.5 Å². The molecule has 0 aromatic carbocycles. The maximum Gasteiger partial charge on any atom is 0.0224 e. The zero-order valence-corrected chi connectivity index (χ0v) is 12.2. The van der Waals surface area contributed by atoms with E-state index in [2.05, 4.69) is 9.80 Å². The molecule has 4 saturated carbocycles. The first-order chi connectivity index (χ1) is 9.31. The molecule has 1 unspecified atom stereocenters. The molecule has 0 spiro atoms. The van der Waals surface area contributed by atoms with E-state index in [1.807, 2.05) is 0 Å². The van der Waals surface area contributed by atoms with Crippen LogP contribution in [0.5, 0.6) is 0 Å². The van der Waals surface area contributed by atoms with Crippen LogP contribution in [0.4, 0.5) is 0 Å². The van der Waals surface area contributed by atoms with Gasteiger partial charge in [0.1, 0.15) is 0 Å². The van der Waals surface area contributed by atoms with Gasteiger partial charge in [-0.3, -0.25) is 9.80 Å². The molecule has 2 aliphatic heterocycles. The van der Waals surface area contributed by atoms with Crippen LogP contribution in [-0.2, 0) is 0 Å². The first-order valence-corrected chi connectivity index (χ1v) is 8.80. The normalized spacial score (nSPS) is 53.7. The Morgan fingerprint density at radius 1 is 0.789 bits per heavy atom. The number of nitrogens with zero attached hydrogens (tertiary/aromatic N) is 2. The Hall–Kier alpha value is -0.0800. The molecule has 106 valence electrons. The second-order valence-electron chi connectivity index (χ2n) is 8.42. The van der Waals surface area contributed by atoms with E-state index in [-0.39, 0.29) is 0 Å². The summed E-state index contributed by atoms with van der Waals surface area (Å²) in [4.78, 5) is 5.76. The van der Waals surface area contributed by atoms with E-state index < -0.39 is 0 Å². The van der Waals surface area contributed by atoms with Gasteiger partial charge in [0, 0.05) is 31.2 Å². The Kier molecular flexibility index (Phi) is 2.42. The number of piperazine rings is 1. The summed E-state index contributed by atoms with van der Waals surface area (Å²) in [5.41, 5.74) is 0.670. The summed E-state index contributed by atoms with van der Waals surface area (Å²) >= 11 is 0. The standard InChI is InChI=1S/C17H28N2/c1-2-16-12-19(5-4-18(16)3-1)17-9-13-6-14(10-17)8-15(7-13)11-17/h13-16H,1-12H2. The van der Waals surface area contributed by atoms with Gasteiger partial charge < -0.3 is 0 Å². The number of rotatable bonds is 1. The Bertz CT molecular complexity index is 342. The molecule has 6 aliphatic rings. The third-order valence-electron chi connectivity index (χ3n) is 7.26. The van der Waals surface area contributed by atoms with Crippen molar-refractivity contribution in [3.63, 3.8) is 0 Å². The Morgan fingerprint density at radius 3 is 2.16 bits per heavy atom. The highest BCUT2D eigenvalue weighted by Crippen LogP contribution is 2.58. The molecule has 2 saturated heterocycles. The molecule has 4 aliphatic carbocycles. The molecular formula is C17H28N2. The zero-order chi connectivity index (χ0) is 12.4. The second-order valence-corrected chi connectivity index (χ2v) is 8.42. The molecule has 0 N–H and O–H groups in total. The Balaban J connectivity index is 1.40. The number of hydrogen-bond acceptors (Lipinski definition) is 2. The lowest BCUT2D eigenvalue weighted by molar-refractivity contribution is -0.106. The van der Waals surface area contributed by atoms with Crippen LogP contribution in [0.1, 0.15) is 51.4 Å².